The van der Waals surface area contributed by atoms with Crippen molar-refractivity contribution in [2.24, 2.45) is 0 Å². The predicted molar refractivity (Wildman–Crippen MR) is 76.1 cm³/mol. The third kappa shape index (κ3) is 2.34. The number of carbonyl (C=O) groups is 1. The highest BCUT2D eigenvalue weighted by Gasteiger charge is 2.44. The number of nitrogens with one attached hydrogen (secondary N) is 1. The van der Waals surface area contributed by atoms with E-state index in [1.54, 1.807) is 0 Å². The quantitative estimate of drug-likeness (QED) is 0.881. The van der Waals surface area contributed by atoms with Crippen LogP contribution in [0, 0.1) is 0 Å². The first-order valence-electron chi connectivity index (χ1n) is 6.60. The lowest BCUT2D eigenvalue weighted by molar-refractivity contribution is 0.0950. The van der Waals surface area contributed by atoms with Crippen molar-refractivity contribution in [1.82, 2.24) is 15.3 Å². The molecule has 1 aliphatic rings. The van der Waals surface area contributed by atoms with Gasteiger partial charge in [0.15, 0.2) is 0 Å². The lowest BCUT2D eigenvalue weighted by Crippen LogP contribution is -2.32. The molecule has 5 nitrogen and oxygen atoms in total. The molecule has 0 unspecified atom stereocenters. The molecule has 0 aliphatic heterocycles. The van der Waals surface area contributed by atoms with Gasteiger partial charge in [0.1, 0.15) is 12.1 Å². The van der Waals surface area contributed by atoms with Crippen molar-refractivity contribution in [2.45, 2.75) is 18.3 Å². The Morgan fingerprint density at radius 2 is 2.05 bits per heavy atom. The number of nitrogens with two attached hydrogens (primary N) is 1. The van der Waals surface area contributed by atoms with Crippen molar-refractivity contribution >= 4 is 11.7 Å². The normalized spacial score (nSPS) is 15.6. The van der Waals surface area contributed by atoms with Crippen LogP contribution in [0.25, 0.3) is 0 Å². The van der Waals surface area contributed by atoms with Crippen molar-refractivity contribution in [3.05, 3.63) is 54.0 Å². The molecule has 3 rings (SSSR count). The molecule has 1 saturated carbocycles. The summed E-state index contributed by atoms with van der Waals surface area (Å²) in [7, 11) is 0. The number of hydrogen-bond acceptors (Lipinski definition) is 4. The molecule has 0 bridgehead atoms. The van der Waals surface area contributed by atoms with Crippen LogP contribution in [0.5, 0.6) is 0 Å². The minimum absolute atomic E-state index is 0.0846. The summed E-state index contributed by atoms with van der Waals surface area (Å²) in [5.74, 6) is -0.00707. The van der Waals surface area contributed by atoms with Gasteiger partial charge in [-0.1, -0.05) is 30.3 Å². The highest BCUT2D eigenvalue weighted by Crippen LogP contribution is 2.47. The molecule has 1 fully saturated rings. The fraction of sp³-hybridized carbons (Fsp3) is 0.267. The number of benzene rings is 1. The molecule has 1 aromatic carbocycles. The molecule has 0 radical (unpaired) electrons. The van der Waals surface area contributed by atoms with E-state index in [2.05, 4.69) is 27.4 Å². The second-order valence-corrected chi connectivity index (χ2v) is 5.15. The lowest BCUT2D eigenvalue weighted by atomic mass is 9.96. The molecule has 102 valence electrons. The third-order valence-electron chi connectivity index (χ3n) is 3.81. The molecule has 5 heteroatoms. The van der Waals surface area contributed by atoms with Gasteiger partial charge in [0.25, 0.3) is 5.91 Å². The Kier molecular flexibility index (Phi) is 3.10. The first kappa shape index (κ1) is 12.6. The van der Waals surface area contributed by atoms with Crippen LogP contribution in [0.3, 0.4) is 0 Å². The van der Waals surface area contributed by atoms with Gasteiger partial charge < -0.3 is 11.1 Å². The van der Waals surface area contributed by atoms with Gasteiger partial charge in [-0.3, -0.25) is 4.79 Å². The average Bonchev–Trinajstić information content (AvgIpc) is 3.27. The van der Waals surface area contributed by atoms with E-state index in [1.807, 2.05) is 18.2 Å². The maximum atomic E-state index is 12.1. The maximum Gasteiger partial charge on any atom is 0.256 e. The number of anilines is 1. The van der Waals surface area contributed by atoms with E-state index in [9.17, 15) is 4.79 Å². The minimum atomic E-state index is -0.217. The zero-order valence-electron chi connectivity index (χ0n) is 11.0. The largest absolute Gasteiger partial charge is 0.383 e. The Morgan fingerprint density at radius 3 is 2.70 bits per heavy atom. The van der Waals surface area contributed by atoms with Crippen LogP contribution in [0.4, 0.5) is 5.82 Å². The Hall–Kier alpha value is -2.43. The van der Waals surface area contributed by atoms with E-state index in [4.69, 9.17) is 5.73 Å². The van der Waals surface area contributed by atoms with Crippen LogP contribution in [0.2, 0.25) is 0 Å². The lowest BCUT2D eigenvalue weighted by Gasteiger charge is -2.16. The average molecular weight is 268 g/mol. The summed E-state index contributed by atoms with van der Waals surface area (Å²) in [6.45, 7) is 0.615. The van der Waals surface area contributed by atoms with Crippen LogP contribution >= 0.6 is 0 Å². The van der Waals surface area contributed by atoms with Gasteiger partial charge >= 0.3 is 0 Å². The third-order valence-corrected chi connectivity index (χ3v) is 3.81. The summed E-state index contributed by atoms with van der Waals surface area (Å²) in [4.78, 5) is 19.8. The van der Waals surface area contributed by atoms with Crippen molar-refractivity contribution < 1.29 is 4.79 Å². The van der Waals surface area contributed by atoms with E-state index in [0.717, 1.165) is 12.8 Å². The summed E-state index contributed by atoms with van der Waals surface area (Å²) in [6, 6.07) is 10.3. The highest BCUT2D eigenvalue weighted by molar-refractivity contribution is 5.97. The molecule has 2 aromatic rings. The van der Waals surface area contributed by atoms with E-state index < -0.39 is 0 Å². The van der Waals surface area contributed by atoms with E-state index in [0.29, 0.717) is 12.1 Å². The van der Waals surface area contributed by atoms with Crippen LogP contribution in [0.1, 0.15) is 28.8 Å². The molecular formula is C15H16N4O. The SMILES string of the molecule is Nc1ncncc1C(=O)NCC1(c2ccccc2)CC1. The Bertz CT molecular complexity index is 623. The Morgan fingerprint density at radius 1 is 1.30 bits per heavy atom. The van der Waals surface area contributed by atoms with Gasteiger partial charge in [0, 0.05) is 18.2 Å². The number of hydrogen-bond donors (Lipinski definition) is 2. The van der Waals surface area contributed by atoms with Gasteiger partial charge in [-0.15, -0.1) is 0 Å². The zero-order chi connectivity index (χ0) is 14.0. The molecule has 1 amide bonds. The number of nitrogen functional groups attached to an aromatic ring is 1. The summed E-state index contributed by atoms with van der Waals surface area (Å²) in [5.41, 5.74) is 7.37. The van der Waals surface area contributed by atoms with Crippen LogP contribution in [-0.2, 0) is 5.41 Å². The smallest absolute Gasteiger partial charge is 0.256 e. The zero-order valence-corrected chi connectivity index (χ0v) is 11.0. The number of rotatable bonds is 4. The topological polar surface area (TPSA) is 80.9 Å². The van der Waals surface area contributed by atoms with E-state index >= 15 is 0 Å². The molecular weight excluding hydrogens is 252 g/mol. The van der Waals surface area contributed by atoms with E-state index in [-0.39, 0.29) is 17.1 Å². The van der Waals surface area contributed by atoms with Crippen molar-refractivity contribution in [3.63, 3.8) is 0 Å². The minimum Gasteiger partial charge on any atom is -0.383 e. The summed E-state index contributed by atoms with van der Waals surface area (Å²) < 4.78 is 0. The van der Waals surface area contributed by atoms with Gasteiger partial charge in [-0.2, -0.15) is 0 Å². The molecule has 0 saturated heterocycles. The standard InChI is InChI=1S/C15H16N4O/c16-13-12(8-17-10-19-13)14(20)18-9-15(6-7-15)11-4-2-1-3-5-11/h1-5,8,10H,6-7,9H2,(H,18,20)(H2,16,17,19). The van der Waals surface area contributed by atoms with Crippen molar-refractivity contribution in [1.29, 1.82) is 0 Å². The molecule has 0 atom stereocenters. The number of nitrogens with zero attached hydrogens (tertiary/aromatic N) is 2. The monoisotopic (exact) mass is 268 g/mol. The number of aromatic nitrogens is 2. The van der Waals surface area contributed by atoms with Crippen LogP contribution in [0.15, 0.2) is 42.9 Å². The van der Waals surface area contributed by atoms with Gasteiger partial charge in [-0.05, 0) is 18.4 Å². The van der Waals surface area contributed by atoms with Crippen molar-refractivity contribution in [3.8, 4) is 0 Å². The predicted octanol–water partition coefficient (Wildman–Crippen LogP) is 1.52. The number of carbonyl (C=O) groups excluding carboxylic acids is 1. The Labute approximate surface area is 117 Å². The summed E-state index contributed by atoms with van der Waals surface area (Å²) >= 11 is 0. The molecule has 1 aromatic heterocycles. The van der Waals surface area contributed by atoms with Gasteiger partial charge in [0.2, 0.25) is 0 Å². The molecule has 0 spiro atoms. The summed E-state index contributed by atoms with van der Waals surface area (Å²) in [6.07, 6.45) is 4.97. The Balaban J connectivity index is 1.69. The first-order valence-corrected chi connectivity index (χ1v) is 6.60. The van der Waals surface area contributed by atoms with Gasteiger partial charge in [0.05, 0.1) is 5.56 Å². The highest BCUT2D eigenvalue weighted by atomic mass is 16.1. The fourth-order valence-electron chi connectivity index (χ4n) is 2.37. The molecule has 1 aliphatic carbocycles. The fourth-order valence-corrected chi connectivity index (χ4v) is 2.37. The molecule has 1 heterocycles. The van der Waals surface area contributed by atoms with E-state index in [1.165, 1.54) is 18.1 Å². The second-order valence-electron chi connectivity index (χ2n) is 5.15. The maximum absolute atomic E-state index is 12.1. The molecule has 3 N–H and O–H groups in total. The summed E-state index contributed by atoms with van der Waals surface area (Å²) in [5, 5.41) is 2.94. The van der Waals surface area contributed by atoms with Crippen LogP contribution in [-0.4, -0.2) is 22.4 Å². The second kappa shape index (κ2) is 4.92. The van der Waals surface area contributed by atoms with Crippen LogP contribution < -0.4 is 11.1 Å². The number of amides is 1. The first-order chi connectivity index (χ1) is 9.71. The van der Waals surface area contributed by atoms with Crippen molar-refractivity contribution in [2.75, 3.05) is 12.3 Å². The van der Waals surface area contributed by atoms with Gasteiger partial charge in [-0.25, -0.2) is 9.97 Å². The molecule has 20 heavy (non-hydrogen) atoms.